The second kappa shape index (κ2) is 4.43. The number of hydrogen-bond donors (Lipinski definition) is 2. The maximum absolute atomic E-state index is 10.8. The highest BCUT2D eigenvalue weighted by Crippen LogP contribution is 2.49. The number of hydrogen-bond acceptors (Lipinski definition) is 6. The molecule has 0 atom stereocenters. The van der Waals surface area contributed by atoms with Crippen molar-refractivity contribution in [3.8, 4) is 10.8 Å². The molecule has 3 rings (SSSR count). The predicted molar refractivity (Wildman–Crippen MR) is 72.3 cm³/mol. The summed E-state index contributed by atoms with van der Waals surface area (Å²) in [5.74, 6) is 0.417. The monoisotopic (exact) mass is 277 g/mol. The lowest BCUT2D eigenvalue weighted by Crippen LogP contribution is -2.24. The highest BCUT2D eigenvalue weighted by Gasteiger charge is 2.28. The highest BCUT2D eigenvalue weighted by molar-refractivity contribution is 7.17. The summed E-state index contributed by atoms with van der Waals surface area (Å²) in [7, 11) is 0. The van der Waals surface area contributed by atoms with E-state index >= 15 is 0 Å². The zero-order valence-electron chi connectivity index (χ0n) is 9.87. The molecule has 2 heterocycles. The van der Waals surface area contributed by atoms with Gasteiger partial charge in [0.25, 0.3) is 0 Å². The number of benzene rings is 1. The van der Waals surface area contributed by atoms with Gasteiger partial charge in [-0.25, -0.2) is 0 Å². The quantitative estimate of drug-likeness (QED) is 0.895. The first kappa shape index (κ1) is 11.8. The van der Waals surface area contributed by atoms with Crippen LogP contribution in [0.3, 0.4) is 0 Å². The third kappa shape index (κ3) is 2.08. The van der Waals surface area contributed by atoms with E-state index in [-0.39, 0.29) is 6.42 Å². The van der Waals surface area contributed by atoms with Crippen molar-refractivity contribution in [3.63, 3.8) is 0 Å². The number of para-hydroxylation sites is 2. The first-order valence-corrected chi connectivity index (χ1v) is 6.49. The van der Waals surface area contributed by atoms with E-state index in [0.717, 1.165) is 5.69 Å². The lowest BCUT2D eigenvalue weighted by molar-refractivity contribution is -0.136. The number of aliphatic carboxylic acids is 1. The van der Waals surface area contributed by atoms with Crippen LogP contribution in [-0.4, -0.2) is 22.6 Å². The zero-order chi connectivity index (χ0) is 13.4. The van der Waals surface area contributed by atoms with E-state index in [1.807, 2.05) is 29.2 Å². The van der Waals surface area contributed by atoms with E-state index in [9.17, 15) is 4.79 Å². The molecule has 1 aromatic heterocycles. The van der Waals surface area contributed by atoms with Crippen LogP contribution in [-0.2, 0) is 4.79 Å². The average molecular weight is 277 g/mol. The zero-order valence-corrected chi connectivity index (χ0v) is 10.7. The number of nitrogen functional groups attached to an aromatic ring is 1. The third-order valence-electron chi connectivity index (χ3n) is 2.76. The Hall–Kier alpha value is -2.28. The Morgan fingerprint density at radius 2 is 2.26 bits per heavy atom. The maximum Gasteiger partial charge on any atom is 0.305 e. The van der Waals surface area contributed by atoms with Gasteiger partial charge in [0, 0.05) is 6.54 Å². The lowest BCUT2D eigenvalue weighted by Gasteiger charge is -2.28. The van der Waals surface area contributed by atoms with E-state index in [2.05, 4.69) is 4.98 Å². The molecule has 0 radical (unpaired) electrons. The average Bonchev–Trinajstić information content (AvgIpc) is 2.74. The summed E-state index contributed by atoms with van der Waals surface area (Å²) >= 11 is 1.25. The predicted octanol–water partition coefficient (Wildman–Crippen LogP) is 2.44. The SMILES string of the molecule is Nc1nc2c(s1)Oc1ccccc1N2CCC(=O)O. The highest BCUT2D eigenvalue weighted by atomic mass is 32.1. The van der Waals surface area contributed by atoms with Crippen LogP contribution in [0, 0.1) is 0 Å². The number of carbonyl (C=O) groups is 1. The number of rotatable bonds is 3. The Balaban J connectivity index is 2.03. The Bertz CT molecular complexity index is 641. The summed E-state index contributed by atoms with van der Waals surface area (Å²) in [6.45, 7) is 0.325. The Labute approximate surface area is 113 Å². The molecule has 0 aliphatic carbocycles. The largest absolute Gasteiger partial charge is 0.481 e. The van der Waals surface area contributed by atoms with Crippen molar-refractivity contribution in [1.29, 1.82) is 0 Å². The molecular formula is C12H11N3O3S. The van der Waals surface area contributed by atoms with Crippen molar-refractivity contribution in [2.24, 2.45) is 0 Å². The first-order chi connectivity index (χ1) is 9.15. The number of thiazole rings is 1. The first-order valence-electron chi connectivity index (χ1n) is 5.67. The minimum atomic E-state index is -0.853. The summed E-state index contributed by atoms with van der Waals surface area (Å²) in [5.41, 5.74) is 6.50. The van der Waals surface area contributed by atoms with Gasteiger partial charge in [-0.3, -0.25) is 4.79 Å². The summed E-state index contributed by atoms with van der Waals surface area (Å²) in [4.78, 5) is 16.8. The molecule has 1 aliphatic rings. The summed E-state index contributed by atoms with van der Waals surface area (Å²) < 4.78 is 5.72. The van der Waals surface area contributed by atoms with Gasteiger partial charge in [-0.15, -0.1) is 0 Å². The topological polar surface area (TPSA) is 88.7 Å². The molecule has 0 saturated carbocycles. The molecule has 0 amide bonds. The van der Waals surface area contributed by atoms with Crippen LogP contribution in [0.5, 0.6) is 10.8 Å². The molecule has 0 bridgehead atoms. The third-order valence-corrected chi connectivity index (χ3v) is 3.51. The minimum absolute atomic E-state index is 0.0191. The van der Waals surface area contributed by atoms with Crippen LogP contribution >= 0.6 is 11.3 Å². The van der Waals surface area contributed by atoms with Crippen molar-refractivity contribution in [2.75, 3.05) is 17.2 Å². The van der Waals surface area contributed by atoms with Crippen LogP contribution in [0.2, 0.25) is 0 Å². The summed E-state index contributed by atoms with van der Waals surface area (Å²) in [6, 6.07) is 7.44. The van der Waals surface area contributed by atoms with Crippen LogP contribution in [0.1, 0.15) is 6.42 Å². The second-order valence-corrected chi connectivity index (χ2v) is 5.02. The van der Waals surface area contributed by atoms with Crippen molar-refractivity contribution >= 4 is 33.9 Å². The van der Waals surface area contributed by atoms with Gasteiger partial charge in [0.15, 0.2) is 16.7 Å². The Morgan fingerprint density at radius 3 is 3.05 bits per heavy atom. The number of aromatic nitrogens is 1. The number of nitrogens with zero attached hydrogens (tertiary/aromatic N) is 2. The fourth-order valence-corrected chi connectivity index (χ4v) is 2.67. The van der Waals surface area contributed by atoms with Crippen molar-refractivity contribution < 1.29 is 14.6 Å². The van der Waals surface area contributed by atoms with Crippen LogP contribution < -0.4 is 15.4 Å². The second-order valence-electron chi connectivity index (χ2n) is 4.03. The van der Waals surface area contributed by atoms with E-state index in [0.29, 0.717) is 28.3 Å². The number of carboxylic acid groups (broad SMARTS) is 1. The van der Waals surface area contributed by atoms with Crippen molar-refractivity contribution in [2.45, 2.75) is 6.42 Å². The maximum atomic E-state index is 10.8. The molecule has 3 N–H and O–H groups in total. The molecule has 0 unspecified atom stereocenters. The molecule has 98 valence electrons. The van der Waals surface area contributed by atoms with Gasteiger partial charge in [0.2, 0.25) is 5.06 Å². The number of fused-ring (bicyclic) bond motifs is 2. The van der Waals surface area contributed by atoms with Gasteiger partial charge in [-0.1, -0.05) is 23.5 Å². The van der Waals surface area contributed by atoms with E-state index < -0.39 is 5.97 Å². The number of anilines is 3. The van der Waals surface area contributed by atoms with E-state index in [1.54, 1.807) is 0 Å². The van der Waals surface area contributed by atoms with E-state index in [1.165, 1.54) is 11.3 Å². The normalized spacial score (nSPS) is 12.5. The fourth-order valence-electron chi connectivity index (χ4n) is 1.96. The van der Waals surface area contributed by atoms with Gasteiger partial charge in [0.1, 0.15) is 0 Å². The molecule has 6 nitrogen and oxygen atoms in total. The van der Waals surface area contributed by atoms with Crippen LogP contribution in [0.15, 0.2) is 24.3 Å². The smallest absolute Gasteiger partial charge is 0.305 e. The number of carboxylic acids is 1. The molecule has 0 spiro atoms. The van der Waals surface area contributed by atoms with Gasteiger partial charge in [0.05, 0.1) is 12.1 Å². The molecule has 0 fully saturated rings. The van der Waals surface area contributed by atoms with Gasteiger partial charge in [-0.2, -0.15) is 4.98 Å². The molecule has 0 saturated heterocycles. The van der Waals surface area contributed by atoms with Gasteiger partial charge in [-0.05, 0) is 12.1 Å². The van der Waals surface area contributed by atoms with Gasteiger partial charge >= 0.3 is 5.97 Å². The number of nitrogens with two attached hydrogens (primary N) is 1. The summed E-state index contributed by atoms with van der Waals surface area (Å²) in [5, 5.41) is 9.84. The lowest BCUT2D eigenvalue weighted by atomic mass is 10.2. The number of ether oxygens (including phenoxy) is 1. The molecule has 19 heavy (non-hydrogen) atoms. The molecule has 2 aromatic rings. The van der Waals surface area contributed by atoms with Crippen LogP contribution in [0.4, 0.5) is 16.6 Å². The van der Waals surface area contributed by atoms with Crippen LogP contribution in [0.25, 0.3) is 0 Å². The molecular weight excluding hydrogens is 266 g/mol. The molecule has 1 aliphatic heterocycles. The standard InChI is InChI=1S/C12H11N3O3S/c13-12-14-10-11(19-12)18-8-4-2-1-3-7(8)15(10)6-5-9(16)17/h1-4H,5-6H2,(H2,13,14)(H,16,17). The van der Waals surface area contributed by atoms with Gasteiger partial charge < -0.3 is 20.5 Å². The Morgan fingerprint density at radius 1 is 1.47 bits per heavy atom. The van der Waals surface area contributed by atoms with E-state index in [4.69, 9.17) is 15.6 Å². The summed E-state index contributed by atoms with van der Waals surface area (Å²) in [6.07, 6.45) is 0.0191. The Kier molecular flexibility index (Phi) is 2.75. The fraction of sp³-hybridized carbons (Fsp3) is 0.167. The van der Waals surface area contributed by atoms with Crippen molar-refractivity contribution in [1.82, 2.24) is 4.98 Å². The molecule has 1 aromatic carbocycles. The molecule has 7 heteroatoms. The minimum Gasteiger partial charge on any atom is -0.481 e. The van der Waals surface area contributed by atoms with Crippen molar-refractivity contribution in [3.05, 3.63) is 24.3 Å².